The van der Waals surface area contributed by atoms with Gasteiger partial charge in [0.25, 0.3) is 0 Å². The number of aryl methyl sites for hydroxylation is 1. The van der Waals surface area contributed by atoms with E-state index in [2.05, 4.69) is 15.4 Å². The van der Waals surface area contributed by atoms with Gasteiger partial charge in [0.1, 0.15) is 17.4 Å². The molecule has 0 aliphatic carbocycles. The lowest BCUT2D eigenvalue weighted by Gasteiger charge is -2.09. The lowest BCUT2D eigenvalue weighted by atomic mass is 10.3. The molecule has 2 aromatic rings. The zero-order valence-corrected chi connectivity index (χ0v) is 12.4. The van der Waals surface area contributed by atoms with Gasteiger partial charge in [0.2, 0.25) is 5.88 Å². The molecule has 1 heterocycles. The standard InChI is InChI=1S/C13H14Cl2N4O/c1-2-3-11-17-12(19-16)7-13(18-11)20-10-5-4-8(14)6-9(10)15/h4-7H,2-3,16H2,1H3,(H,17,18,19). The summed E-state index contributed by atoms with van der Waals surface area (Å²) in [5, 5.41) is 0.955. The third-order valence-electron chi connectivity index (χ3n) is 2.48. The van der Waals surface area contributed by atoms with Crippen LogP contribution in [0.1, 0.15) is 19.2 Å². The van der Waals surface area contributed by atoms with E-state index in [0.717, 1.165) is 12.8 Å². The lowest BCUT2D eigenvalue weighted by Crippen LogP contribution is -2.10. The van der Waals surface area contributed by atoms with Crippen LogP contribution in [0, 0.1) is 0 Å². The van der Waals surface area contributed by atoms with E-state index in [1.165, 1.54) is 0 Å². The van der Waals surface area contributed by atoms with Crippen LogP contribution in [-0.2, 0) is 6.42 Å². The topological polar surface area (TPSA) is 73.1 Å². The van der Waals surface area contributed by atoms with Crippen LogP contribution in [0.5, 0.6) is 11.6 Å². The number of anilines is 1. The SMILES string of the molecule is CCCc1nc(NN)cc(Oc2ccc(Cl)cc2Cl)n1. The van der Waals surface area contributed by atoms with Crippen LogP contribution in [0.3, 0.4) is 0 Å². The number of nitrogens with zero attached hydrogens (tertiary/aromatic N) is 2. The van der Waals surface area contributed by atoms with Crippen molar-refractivity contribution >= 4 is 29.0 Å². The molecule has 20 heavy (non-hydrogen) atoms. The minimum Gasteiger partial charge on any atom is -0.437 e. The Morgan fingerprint density at radius 1 is 1.25 bits per heavy atom. The smallest absolute Gasteiger partial charge is 0.224 e. The van der Waals surface area contributed by atoms with E-state index in [1.807, 2.05) is 6.92 Å². The quantitative estimate of drug-likeness (QED) is 0.648. The minimum absolute atomic E-state index is 0.376. The van der Waals surface area contributed by atoms with Gasteiger partial charge in [-0.25, -0.2) is 10.8 Å². The third-order valence-corrected chi connectivity index (χ3v) is 3.01. The summed E-state index contributed by atoms with van der Waals surface area (Å²) in [6, 6.07) is 6.58. The molecule has 0 aliphatic rings. The Balaban J connectivity index is 2.29. The van der Waals surface area contributed by atoms with E-state index < -0.39 is 0 Å². The summed E-state index contributed by atoms with van der Waals surface area (Å²) in [5.41, 5.74) is 2.49. The molecule has 0 bridgehead atoms. The fourth-order valence-electron chi connectivity index (χ4n) is 1.61. The number of aromatic nitrogens is 2. The van der Waals surface area contributed by atoms with Crippen LogP contribution >= 0.6 is 23.2 Å². The molecule has 1 aromatic carbocycles. The number of hydrogen-bond acceptors (Lipinski definition) is 5. The molecule has 5 nitrogen and oxygen atoms in total. The predicted molar refractivity (Wildman–Crippen MR) is 80.4 cm³/mol. The molecule has 0 spiro atoms. The number of nitrogen functional groups attached to an aromatic ring is 1. The Labute approximate surface area is 127 Å². The van der Waals surface area contributed by atoms with Crippen LogP contribution < -0.4 is 16.0 Å². The molecule has 3 N–H and O–H groups in total. The van der Waals surface area contributed by atoms with Crippen LogP contribution in [0.4, 0.5) is 5.82 Å². The Bertz CT molecular complexity index is 607. The molecule has 0 radical (unpaired) electrons. The van der Waals surface area contributed by atoms with Gasteiger partial charge < -0.3 is 10.2 Å². The zero-order valence-electron chi connectivity index (χ0n) is 10.9. The second-order valence-electron chi connectivity index (χ2n) is 4.08. The zero-order chi connectivity index (χ0) is 14.5. The van der Waals surface area contributed by atoms with Gasteiger partial charge in [0, 0.05) is 17.5 Å². The molecule has 1 aromatic heterocycles. The maximum absolute atomic E-state index is 6.06. The van der Waals surface area contributed by atoms with Crippen molar-refractivity contribution in [1.29, 1.82) is 0 Å². The number of hydrogen-bond donors (Lipinski definition) is 2. The first-order chi connectivity index (χ1) is 9.62. The number of nitrogens with two attached hydrogens (primary N) is 1. The largest absolute Gasteiger partial charge is 0.437 e. The first-order valence-corrected chi connectivity index (χ1v) is 6.85. The van der Waals surface area contributed by atoms with Crippen molar-refractivity contribution in [1.82, 2.24) is 9.97 Å². The fourth-order valence-corrected chi connectivity index (χ4v) is 2.05. The molecular weight excluding hydrogens is 299 g/mol. The Morgan fingerprint density at radius 2 is 2.05 bits per heavy atom. The van der Waals surface area contributed by atoms with Gasteiger partial charge in [-0.3, -0.25) is 0 Å². The van der Waals surface area contributed by atoms with Crippen molar-refractivity contribution in [2.45, 2.75) is 19.8 Å². The Morgan fingerprint density at radius 3 is 2.70 bits per heavy atom. The summed E-state index contributed by atoms with van der Waals surface area (Å²) in [6.45, 7) is 2.04. The van der Waals surface area contributed by atoms with Crippen LogP contribution in [0.15, 0.2) is 24.3 Å². The molecule has 0 unspecified atom stereocenters. The van der Waals surface area contributed by atoms with Crippen molar-refractivity contribution in [2.24, 2.45) is 5.84 Å². The van der Waals surface area contributed by atoms with Gasteiger partial charge in [-0.1, -0.05) is 30.1 Å². The minimum atomic E-state index is 0.376. The summed E-state index contributed by atoms with van der Waals surface area (Å²) in [5.74, 6) is 7.38. The van der Waals surface area contributed by atoms with Gasteiger partial charge in [0.05, 0.1) is 5.02 Å². The van der Waals surface area contributed by atoms with Crippen LogP contribution in [0.2, 0.25) is 10.0 Å². The number of rotatable bonds is 5. The molecule has 0 saturated carbocycles. The van der Waals surface area contributed by atoms with Gasteiger partial charge >= 0.3 is 0 Å². The third kappa shape index (κ3) is 3.72. The maximum atomic E-state index is 6.06. The van der Waals surface area contributed by atoms with Crippen LogP contribution in [-0.4, -0.2) is 9.97 Å². The lowest BCUT2D eigenvalue weighted by molar-refractivity contribution is 0.459. The van der Waals surface area contributed by atoms with E-state index in [0.29, 0.717) is 33.3 Å². The first-order valence-electron chi connectivity index (χ1n) is 6.10. The molecule has 0 amide bonds. The van der Waals surface area contributed by atoms with E-state index in [-0.39, 0.29) is 0 Å². The molecule has 7 heteroatoms. The number of hydrazine groups is 1. The Kier molecular flexibility index (Phi) is 5.00. The summed E-state index contributed by atoms with van der Waals surface area (Å²) in [4.78, 5) is 8.55. The van der Waals surface area contributed by atoms with Gasteiger partial charge in [-0.05, 0) is 24.6 Å². The van der Waals surface area contributed by atoms with Gasteiger partial charge in [-0.15, -0.1) is 0 Å². The molecule has 0 atom stereocenters. The fraction of sp³-hybridized carbons (Fsp3) is 0.231. The van der Waals surface area contributed by atoms with Crippen molar-refractivity contribution in [2.75, 3.05) is 5.43 Å². The van der Waals surface area contributed by atoms with Crippen molar-refractivity contribution in [3.05, 3.63) is 40.1 Å². The van der Waals surface area contributed by atoms with E-state index in [4.69, 9.17) is 33.8 Å². The highest BCUT2D eigenvalue weighted by atomic mass is 35.5. The number of nitrogens with one attached hydrogen (secondary N) is 1. The molecule has 106 valence electrons. The number of ether oxygens (including phenoxy) is 1. The predicted octanol–water partition coefficient (Wildman–Crippen LogP) is 3.81. The maximum Gasteiger partial charge on any atom is 0.224 e. The van der Waals surface area contributed by atoms with E-state index in [1.54, 1.807) is 24.3 Å². The van der Waals surface area contributed by atoms with Gasteiger partial charge in [-0.2, -0.15) is 4.98 Å². The highest BCUT2D eigenvalue weighted by Crippen LogP contribution is 2.31. The molecular formula is C13H14Cl2N4O. The molecule has 0 saturated heterocycles. The monoisotopic (exact) mass is 312 g/mol. The second-order valence-corrected chi connectivity index (χ2v) is 4.92. The molecule has 0 fully saturated rings. The van der Waals surface area contributed by atoms with Gasteiger partial charge in [0.15, 0.2) is 0 Å². The highest BCUT2D eigenvalue weighted by molar-refractivity contribution is 6.35. The normalized spacial score (nSPS) is 10.4. The summed E-state index contributed by atoms with van der Waals surface area (Å²) in [6.07, 6.45) is 1.66. The molecule has 0 aliphatic heterocycles. The highest BCUT2D eigenvalue weighted by Gasteiger charge is 2.08. The summed E-state index contributed by atoms with van der Waals surface area (Å²) < 4.78 is 5.66. The number of benzene rings is 1. The molecule has 2 rings (SSSR count). The Hall–Kier alpha value is -1.56. The van der Waals surface area contributed by atoms with Crippen molar-refractivity contribution in [3.63, 3.8) is 0 Å². The average Bonchev–Trinajstić information content (AvgIpc) is 2.42. The summed E-state index contributed by atoms with van der Waals surface area (Å²) >= 11 is 11.9. The first kappa shape index (κ1) is 14.8. The number of halogens is 2. The second kappa shape index (κ2) is 6.74. The van der Waals surface area contributed by atoms with E-state index >= 15 is 0 Å². The summed E-state index contributed by atoms with van der Waals surface area (Å²) in [7, 11) is 0. The van der Waals surface area contributed by atoms with Crippen molar-refractivity contribution in [3.8, 4) is 11.6 Å². The average molecular weight is 313 g/mol. The van der Waals surface area contributed by atoms with Crippen molar-refractivity contribution < 1.29 is 4.74 Å². The van der Waals surface area contributed by atoms with Crippen LogP contribution in [0.25, 0.3) is 0 Å². The van der Waals surface area contributed by atoms with E-state index in [9.17, 15) is 0 Å².